The number of rotatable bonds is 5. The molecule has 23 heavy (non-hydrogen) atoms. The van der Waals surface area contributed by atoms with Crippen LogP contribution in [0.4, 0.5) is 5.00 Å². The van der Waals surface area contributed by atoms with Crippen molar-refractivity contribution in [1.29, 1.82) is 5.26 Å². The molecule has 2 rings (SSSR count). The van der Waals surface area contributed by atoms with Crippen LogP contribution in [0, 0.1) is 25.2 Å². The van der Waals surface area contributed by atoms with Crippen LogP contribution in [0.15, 0.2) is 0 Å². The molecule has 6 heteroatoms. The second kappa shape index (κ2) is 7.91. The van der Waals surface area contributed by atoms with Gasteiger partial charge in [-0.2, -0.15) is 5.26 Å². The van der Waals surface area contributed by atoms with Crippen molar-refractivity contribution in [2.24, 2.45) is 0 Å². The van der Waals surface area contributed by atoms with E-state index in [-0.39, 0.29) is 5.91 Å². The summed E-state index contributed by atoms with van der Waals surface area (Å²) in [5.74, 6) is -0.0528. The fourth-order valence-electron chi connectivity index (χ4n) is 2.93. The van der Waals surface area contributed by atoms with Gasteiger partial charge in [-0.15, -0.1) is 11.3 Å². The van der Waals surface area contributed by atoms with Crippen molar-refractivity contribution in [2.75, 3.05) is 25.1 Å². The largest absolute Gasteiger partial charge is 0.381 e. The molecule has 1 aromatic rings. The third kappa shape index (κ3) is 4.31. The lowest BCUT2D eigenvalue weighted by Gasteiger charge is -2.36. The Morgan fingerprint density at radius 3 is 2.65 bits per heavy atom. The fourth-order valence-corrected chi connectivity index (χ4v) is 3.96. The molecule has 126 valence electrons. The molecule has 0 spiro atoms. The Morgan fingerprint density at radius 2 is 2.09 bits per heavy atom. The summed E-state index contributed by atoms with van der Waals surface area (Å²) >= 11 is 1.47. The maximum atomic E-state index is 12.5. The van der Waals surface area contributed by atoms with Crippen LogP contribution >= 0.6 is 11.3 Å². The van der Waals surface area contributed by atoms with Crippen LogP contribution in [-0.2, 0) is 9.53 Å². The van der Waals surface area contributed by atoms with Crippen LogP contribution in [0.2, 0.25) is 0 Å². The number of amides is 1. The average molecular weight is 335 g/mol. The summed E-state index contributed by atoms with van der Waals surface area (Å²) in [6.07, 6.45) is 1.93. The quantitative estimate of drug-likeness (QED) is 0.898. The van der Waals surface area contributed by atoms with Crippen LogP contribution in [-0.4, -0.2) is 42.6 Å². The number of carbonyl (C=O) groups excluding carboxylic acids is 1. The first kappa shape index (κ1) is 17.9. The van der Waals surface area contributed by atoms with Crippen molar-refractivity contribution in [3.05, 3.63) is 16.0 Å². The SMILES string of the molecule is Cc1sc(NC(=O)CN(C(C)C)C2CCOCC2)c(C#N)c1C. The van der Waals surface area contributed by atoms with Gasteiger partial charge in [0, 0.05) is 30.2 Å². The third-order valence-electron chi connectivity index (χ3n) is 4.40. The molecule has 0 saturated carbocycles. The molecule has 1 aliphatic heterocycles. The predicted molar refractivity (Wildman–Crippen MR) is 92.8 cm³/mol. The van der Waals surface area contributed by atoms with Crippen molar-refractivity contribution >= 4 is 22.2 Å². The molecule has 0 bridgehead atoms. The Hall–Kier alpha value is -1.42. The molecule has 0 aromatic carbocycles. The maximum Gasteiger partial charge on any atom is 0.239 e. The van der Waals surface area contributed by atoms with E-state index in [0.717, 1.165) is 36.5 Å². The van der Waals surface area contributed by atoms with E-state index in [2.05, 4.69) is 30.1 Å². The number of carbonyl (C=O) groups is 1. The van der Waals surface area contributed by atoms with Crippen molar-refractivity contribution in [2.45, 2.75) is 52.6 Å². The van der Waals surface area contributed by atoms with E-state index in [1.54, 1.807) is 0 Å². The zero-order valence-corrected chi connectivity index (χ0v) is 15.1. The Labute approximate surface area is 142 Å². The minimum Gasteiger partial charge on any atom is -0.381 e. The second-order valence-electron chi connectivity index (χ2n) is 6.26. The summed E-state index contributed by atoms with van der Waals surface area (Å²) in [5, 5.41) is 12.9. The van der Waals surface area contributed by atoms with Crippen LogP contribution in [0.5, 0.6) is 0 Å². The highest BCUT2D eigenvalue weighted by Crippen LogP contribution is 2.31. The highest BCUT2D eigenvalue weighted by Gasteiger charge is 2.26. The summed E-state index contributed by atoms with van der Waals surface area (Å²) in [6.45, 7) is 9.99. The molecular weight excluding hydrogens is 310 g/mol. The number of anilines is 1. The molecule has 0 aliphatic carbocycles. The number of aryl methyl sites for hydroxylation is 1. The van der Waals surface area contributed by atoms with Crippen LogP contribution < -0.4 is 5.32 Å². The number of nitrogens with zero attached hydrogens (tertiary/aromatic N) is 2. The van der Waals surface area contributed by atoms with Gasteiger partial charge in [0.2, 0.25) is 5.91 Å². The maximum absolute atomic E-state index is 12.5. The highest BCUT2D eigenvalue weighted by atomic mass is 32.1. The smallest absolute Gasteiger partial charge is 0.239 e. The third-order valence-corrected chi connectivity index (χ3v) is 5.52. The van der Waals surface area contributed by atoms with Crippen LogP contribution in [0.3, 0.4) is 0 Å². The first-order valence-electron chi connectivity index (χ1n) is 8.07. The molecule has 1 N–H and O–H groups in total. The molecule has 1 aliphatic rings. The summed E-state index contributed by atoms with van der Waals surface area (Å²) in [7, 11) is 0. The summed E-state index contributed by atoms with van der Waals surface area (Å²) < 4.78 is 5.41. The number of hydrogen-bond donors (Lipinski definition) is 1. The highest BCUT2D eigenvalue weighted by molar-refractivity contribution is 7.16. The Kier molecular flexibility index (Phi) is 6.17. The van der Waals surface area contributed by atoms with E-state index in [1.165, 1.54) is 11.3 Å². The van der Waals surface area contributed by atoms with E-state index in [9.17, 15) is 10.1 Å². The van der Waals surface area contributed by atoms with E-state index < -0.39 is 0 Å². The Balaban J connectivity index is 2.05. The van der Waals surface area contributed by atoms with Gasteiger partial charge >= 0.3 is 0 Å². The van der Waals surface area contributed by atoms with Gasteiger partial charge in [-0.3, -0.25) is 9.69 Å². The van der Waals surface area contributed by atoms with Gasteiger partial charge in [-0.1, -0.05) is 0 Å². The molecule has 1 amide bonds. The molecule has 0 unspecified atom stereocenters. The number of ether oxygens (including phenoxy) is 1. The lowest BCUT2D eigenvalue weighted by molar-refractivity contribution is -0.119. The van der Waals surface area contributed by atoms with Crippen LogP contribution in [0.25, 0.3) is 0 Å². The van der Waals surface area contributed by atoms with E-state index in [4.69, 9.17) is 4.74 Å². The molecule has 0 radical (unpaired) electrons. The Morgan fingerprint density at radius 1 is 1.43 bits per heavy atom. The normalized spacial score (nSPS) is 15.9. The molecule has 1 aromatic heterocycles. The molecule has 5 nitrogen and oxygen atoms in total. The topological polar surface area (TPSA) is 65.4 Å². The number of hydrogen-bond acceptors (Lipinski definition) is 5. The Bertz CT molecular complexity index is 598. The van der Waals surface area contributed by atoms with Crippen molar-refractivity contribution in [3.8, 4) is 6.07 Å². The van der Waals surface area contributed by atoms with Gasteiger partial charge in [0.05, 0.1) is 12.1 Å². The lowest BCUT2D eigenvalue weighted by atomic mass is 10.1. The fraction of sp³-hybridized carbons (Fsp3) is 0.647. The first-order valence-corrected chi connectivity index (χ1v) is 8.89. The zero-order chi connectivity index (χ0) is 17.0. The van der Waals surface area contributed by atoms with Crippen molar-refractivity contribution in [3.63, 3.8) is 0 Å². The lowest BCUT2D eigenvalue weighted by Crippen LogP contribution is -2.47. The first-order chi connectivity index (χ1) is 10.9. The van der Waals surface area contributed by atoms with Crippen molar-refractivity contribution in [1.82, 2.24) is 4.90 Å². The van der Waals surface area contributed by atoms with E-state index >= 15 is 0 Å². The van der Waals surface area contributed by atoms with Gasteiger partial charge in [-0.25, -0.2) is 0 Å². The molecular formula is C17H25N3O2S. The van der Waals surface area contributed by atoms with E-state index in [1.807, 2.05) is 13.8 Å². The van der Waals surface area contributed by atoms with Crippen molar-refractivity contribution < 1.29 is 9.53 Å². The van der Waals surface area contributed by atoms with Gasteiger partial charge in [0.15, 0.2) is 0 Å². The zero-order valence-electron chi connectivity index (χ0n) is 14.3. The molecule has 1 fully saturated rings. The van der Waals surface area contributed by atoms with Gasteiger partial charge in [0.25, 0.3) is 0 Å². The van der Waals surface area contributed by atoms with E-state index in [0.29, 0.717) is 29.2 Å². The van der Waals surface area contributed by atoms with Gasteiger partial charge in [-0.05, 0) is 46.1 Å². The minimum absolute atomic E-state index is 0.0528. The minimum atomic E-state index is -0.0528. The van der Waals surface area contributed by atoms with Gasteiger partial charge < -0.3 is 10.1 Å². The molecule has 0 atom stereocenters. The number of nitriles is 1. The number of nitrogens with one attached hydrogen (secondary N) is 1. The molecule has 2 heterocycles. The summed E-state index contributed by atoms with van der Waals surface area (Å²) in [4.78, 5) is 15.8. The predicted octanol–water partition coefficient (Wildman–Crippen LogP) is 3.06. The second-order valence-corrected chi connectivity index (χ2v) is 7.48. The summed E-state index contributed by atoms with van der Waals surface area (Å²) in [6, 6.07) is 2.88. The standard InChI is InChI=1S/C17H25N3O2S/c1-11(2)20(14-5-7-22-8-6-14)10-16(21)19-17-15(9-18)12(3)13(4)23-17/h11,14H,5-8,10H2,1-4H3,(H,19,21). The van der Waals surface area contributed by atoms with Gasteiger partial charge in [0.1, 0.15) is 11.1 Å². The van der Waals surface area contributed by atoms with Crippen LogP contribution in [0.1, 0.15) is 42.7 Å². The average Bonchev–Trinajstić information content (AvgIpc) is 2.79. The molecule has 1 saturated heterocycles. The summed E-state index contributed by atoms with van der Waals surface area (Å²) in [5.41, 5.74) is 1.54. The number of thiophene rings is 1. The monoisotopic (exact) mass is 335 g/mol.